The molecule has 1 aromatic heterocycles. The second-order valence-electron chi connectivity index (χ2n) is 5.93. The number of ketones is 1. The summed E-state index contributed by atoms with van der Waals surface area (Å²) >= 11 is 6.97. The maximum atomic E-state index is 12.3. The van der Waals surface area contributed by atoms with E-state index in [9.17, 15) is 9.59 Å². The number of unbranched alkanes of at least 4 members (excludes halogenated alkanes) is 2. The lowest BCUT2D eigenvalue weighted by atomic mass is 10.0. The average molecular weight is 459 g/mol. The van der Waals surface area contributed by atoms with Gasteiger partial charge in [0.25, 0.3) is 5.56 Å². The van der Waals surface area contributed by atoms with Gasteiger partial charge in [-0.25, -0.2) is 0 Å². The van der Waals surface area contributed by atoms with Gasteiger partial charge in [-0.05, 0) is 70.2 Å². The predicted molar refractivity (Wildman–Crippen MR) is 104 cm³/mol. The Kier molecular flexibility index (Phi) is 6.63. The molecule has 2 rings (SSSR count). The smallest absolute Gasteiger partial charge is 0.263 e. The number of Topliss-reactive ketones (excluding diaryl/α,β-unsaturated/α-hetero) is 1. The fraction of sp³-hybridized carbons (Fsp3) is 0.444. The van der Waals surface area contributed by atoms with Crippen LogP contribution in [-0.2, 0) is 11.2 Å². The van der Waals surface area contributed by atoms with Gasteiger partial charge in [0, 0.05) is 10.9 Å². The first-order valence-electron chi connectivity index (χ1n) is 8.02. The van der Waals surface area contributed by atoms with Crippen molar-refractivity contribution < 1.29 is 9.53 Å². The highest BCUT2D eigenvalue weighted by Gasteiger charge is 2.17. The van der Waals surface area contributed by atoms with E-state index in [1.165, 1.54) is 6.92 Å². The van der Waals surface area contributed by atoms with E-state index >= 15 is 0 Å². The number of H-pyrrole nitrogens is 1. The van der Waals surface area contributed by atoms with Gasteiger partial charge in [0.05, 0.1) is 14.5 Å². The Balaban J connectivity index is 2.60. The summed E-state index contributed by atoms with van der Waals surface area (Å²) in [6.07, 6.45) is 4.13. The van der Waals surface area contributed by atoms with Crippen LogP contribution in [0.15, 0.2) is 19.8 Å². The zero-order valence-corrected chi connectivity index (χ0v) is 17.3. The van der Waals surface area contributed by atoms with E-state index in [0.717, 1.165) is 52.2 Å². The summed E-state index contributed by atoms with van der Waals surface area (Å²) in [5.74, 6) is 0.543. The molecule has 0 saturated heterocycles. The molecule has 2 aromatic rings. The van der Waals surface area contributed by atoms with Crippen LogP contribution in [0.25, 0.3) is 10.9 Å². The first kappa shape index (κ1) is 19.2. The number of carbonyl (C=O) groups excluding carboxylic acids is 1. The maximum Gasteiger partial charge on any atom is 0.263 e. The highest BCUT2D eigenvalue weighted by Crippen LogP contribution is 2.37. The molecule has 1 aromatic carbocycles. The molecule has 0 atom stereocenters. The zero-order chi connectivity index (χ0) is 17.9. The molecule has 0 spiro atoms. The van der Waals surface area contributed by atoms with Gasteiger partial charge in [-0.15, -0.1) is 0 Å². The summed E-state index contributed by atoms with van der Waals surface area (Å²) < 4.78 is 6.99. The fourth-order valence-corrected chi connectivity index (χ4v) is 3.88. The number of ether oxygens (including phenoxy) is 1. The Bertz CT molecular complexity index is 827. The van der Waals surface area contributed by atoms with Gasteiger partial charge in [0.1, 0.15) is 12.4 Å². The van der Waals surface area contributed by atoms with Crippen LogP contribution in [0.4, 0.5) is 0 Å². The van der Waals surface area contributed by atoms with E-state index in [-0.39, 0.29) is 17.9 Å². The van der Waals surface area contributed by atoms with Crippen LogP contribution in [0, 0.1) is 6.92 Å². The molecule has 0 saturated carbocycles. The van der Waals surface area contributed by atoms with E-state index in [1.54, 1.807) is 0 Å². The molecular weight excluding hydrogens is 438 g/mol. The maximum absolute atomic E-state index is 12.3. The van der Waals surface area contributed by atoms with Crippen molar-refractivity contribution in [1.82, 2.24) is 4.98 Å². The molecule has 1 heterocycles. The van der Waals surface area contributed by atoms with Crippen LogP contribution >= 0.6 is 31.9 Å². The topological polar surface area (TPSA) is 59.2 Å². The number of aromatic nitrogens is 1. The van der Waals surface area contributed by atoms with Crippen LogP contribution in [0.1, 0.15) is 44.2 Å². The third kappa shape index (κ3) is 4.09. The van der Waals surface area contributed by atoms with Crippen LogP contribution in [0.3, 0.4) is 0 Å². The van der Waals surface area contributed by atoms with Gasteiger partial charge >= 0.3 is 0 Å². The van der Waals surface area contributed by atoms with E-state index < -0.39 is 0 Å². The lowest BCUT2D eigenvalue weighted by molar-refractivity contribution is -0.118. The Hall–Kier alpha value is -1.14. The summed E-state index contributed by atoms with van der Waals surface area (Å²) in [4.78, 5) is 26.4. The number of aromatic amines is 1. The number of benzene rings is 1. The largest absolute Gasteiger partial charge is 0.484 e. The standard InChI is InChI=1S/C18H21Br2NO3/c1-4-5-6-7-12-13-8-14(19)17(24-9-10(2)22)11(3)16(13)21-18(23)15(12)20/h8H,4-7,9H2,1-3H3,(H,21,23). The van der Waals surface area contributed by atoms with Crippen molar-refractivity contribution in [2.75, 3.05) is 6.61 Å². The molecule has 130 valence electrons. The minimum absolute atomic E-state index is 0.00899. The molecule has 0 bridgehead atoms. The number of hydrogen-bond acceptors (Lipinski definition) is 3. The third-order valence-corrected chi connectivity index (χ3v) is 5.38. The monoisotopic (exact) mass is 457 g/mol. The van der Waals surface area contributed by atoms with Crippen LogP contribution < -0.4 is 10.3 Å². The van der Waals surface area contributed by atoms with Crippen molar-refractivity contribution in [3.8, 4) is 5.75 Å². The number of pyridine rings is 1. The molecular formula is C18H21Br2NO3. The van der Waals surface area contributed by atoms with Gasteiger partial charge in [0.2, 0.25) is 0 Å². The van der Waals surface area contributed by atoms with Gasteiger partial charge in [-0.2, -0.15) is 0 Å². The summed E-state index contributed by atoms with van der Waals surface area (Å²) in [6, 6.07) is 1.96. The molecule has 0 aliphatic carbocycles. The zero-order valence-electron chi connectivity index (χ0n) is 14.1. The number of fused-ring (bicyclic) bond motifs is 1. The quantitative estimate of drug-likeness (QED) is 0.589. The SMILES string of the molecule is CCCCCc1c(Br)c(=O)[nH]c2c(C)c(OCC(C)=O)c(Br)cc12. The Morgan fingerprint density at radius 1 is 1.29 bits per heavy atom. The second-order valence-corrected chi connectivity index (χ2v) is 7.58. The Morgan fingerprint density at radius 3 is 2.62 bits per heavy atom. The van der Waals surface area contributed by atoms with Crippen molar-refractivity contribution >= 4 is 48.5 Å². The Morgan fingerprint density at radius 2 is 2.00 bits per heavy atom. The molecule has 0 radical (unpaired) electrons. The van der Waals surface area contributed by atoms with Gasteiger partial charge in [-0.3, -0.25) is 9.59 Å². The minimum atomic E-state index is -0.142. The van der Waals surface area contributed by atoms with E-state index in [0.29, 0.717) is 10.2 Å². The van der Waals surface area contributed by atoms with Gasteiger partial charge < -0.3 is 9.72 Å². The lowest BCUT2D eigenvalue weighted by Crippen LogP contribution is -2.13. The third-order valence-electron chi connectivity index (χ3n) is 3.95. The van der Waals surface area contributed by atoms with Crippen molar-refractivity contribution in [2.45, 2.75) is 46.5 Å². The summed E-state index contributed by atoms with van der Waals surface area (Å²) in [5, 5.41) is 0.997. The molecule has 0 aliphatic rings. The van der Waals surface area contributed by atoms with Gasteiger partial charge in [-0.1, -0.05) is 19.8 Å². The summed E-state index contributed by atoms with van der Waals surface area (Å²) in [7, 11) is 0. The number of nitrogens with one attached hydrogen (secondary N) is 1. The van der Waals surface area contributed by atoms with Crippen LogP contribution in [-0.4, -0.2) is 17.4 Å². The van der Waals surface area contributed by atoms with Crippen molar-refractivity contribution in [3.63, 3.8) is 0 Å². The molecule has 0 fully saturated rings. The first-order chi connectivity index (χ1) is 11.4. The van der Waals surface area contributed by atoms with Crippen molar-refractivity contribution in [3.05, 3.63) is 36.5 Å². The summed E-state index contributed by atoms with van der Waals surface area (Å²) in [6.45, 7) is 5.54. The normalized spacial score (nSPS) is 11.0. The molecule has 24 heavy (non-hydrogen) atoms. The predicted octanol–water partition coefficient (Wildman–Crippen LogP) is 5.06. The number of hydrogen-bond donors (Lipinski definition) is 1. The Labute approximate surface area is 158 Å². The number of rotatable bonds is 7. The molecule has 0 unspecified atom stereocenters. The van der Waals surface area contributed by atoms with E-state index in [1.807, 2.05) is 13.0 Å². The lowest BCUT2D eigenvalue weighted by Gasteiger charge is -2.16. The van der Waals surface area contributed by atoms with Gasteiger partial charge in [0.15, 0.2) is 5.78 Å². The van der Waals surface area contributed by atoms with Crippen molar-refractivity contribution in [2.24, 2.45) is 0 Å². The molecule has 0 aliphatic heterocycles. The minimum Gasteiger partial charge on any atom is -0.484 e. The number of halogens is 2. The van der Waals surface area contributed by atoms with E-state index in [2.05, 4.69) is 43.8 Å². The fourth-order valence-electron chi connectivity index (χ4n) is 2.73. The van der Waals surface area contributed by atoms with Crippen molar-refractivity contribution in [1.29, 1.82) is 0 Å². The summed E-state index contributed by atoms with van der Waals surface area (Å²) in [5.41, 5.74) is 2.46. The van der Waals surface area contributed by atoms with Crippen LogP contribution in [0.2, 0.25) is 0 Å². The average Bonchev–Trinajstić information content (AvgIpc) is 2.52. The molecule has 6 heteroatoms. The second kappa shape index (κ2) is 8.30. The van der Waals surface area contributed by atoms with E-state index in [4.69, 9.17) is 4.74 Å². The number of carbonyl (C=O) groups is 1. The molecule has 0 amide bonds. The van der Waals surface area contributed by atoms with Crippen LogP contribution in [0.5, 0.6) is 5.75 Å². The highest BCUT2D eigenvalue weighted by molar-refractivity contribution is 9.10. The first-order valence-corrected chi connectivity index (χ1v) is 9.61. The highest BCUT2D eigenvalue weighted by atomic mass is 79.9. The molecule has 4 nitrogen and oxygen atoms in total. The molecule has 1 N–H and O–H groups in total. The number of aryl methyl sites for hydroxylation is 2.